The highest BCUT2D eigenvalue weighted by Gasteiger charge is 2.41. The summed E-state index contributed by atoms with van der Waals surface area (Å²) in [5.41, 5.74) is 0.590. The molecule has 0 spiro atoms. The summed E-state index contributed by atoms with van der Waals surface area (Å²) in [6.07, 6.45) is 1.21. The fourth-order valence-corrected chi connectivity index (χ4v) is 3.66. The Bertz CT molecular complexity index is 732. The molecule has 0 atom stereocenters. The van der Waals surface area contributed by atoms with Gasteiger partial charge in [-0.3, -0.25) is 4.79 Å². The van der Waals surface area contributed by atoms with Crippen LogP contribution in [0.25, 0.3) is 0 Å². The van der Waals surface area contributed by atoms with E-state index in [4.69, 9.17) is 16.9 Å². The molecule has 0 bridgehead atoms. The van der Waals surface area contributed by atoms with E-state index < -0.39 is 15.9 Å². The van der Waals surface area contributed by atoms with E-state index in [9.17, 15) is 13.2 Å². The number of sulfonamides is 1. The smallest absolute Gasteiger partial charge is 0.268 e. The zero-order valence-corrected chi connectivity index (χ0v) is 11.5. The number of fused-ring (bicyclic) bond motifs is 1. The molecule has 0 N–H and O–H groups in total. The third-order valence-corrected chi connectivity index (χ3v) is 4.68. The Morgan fingerprint density at radius 3 is 2.84 bits per heavy atom. The van der Waals surface area contributed by atoms with Crippen molar-refractivity contribution >= 4 is 27.5 Å². The number of nitriles is 1. The molecule has 5 nitrogen and oxygen atoms in total. The summed E-state index contributed by atoms with van der Waals surface area (Å²) < 4.78 is 25.2. The molecule has 2 rings (SSSR count). The topological polar surface area (TPSA) is 78.2 Å². The van der Waals surface area contributed by atoms with Crippen molar-refractivity contribution in [1.82, 2.24) is 4.31 Å². The predicted octanol–water partition coefficient (Wildman–Crippen LogP) is 1.95. The fourth-order valence-electron chi connectivity index (χ4n) is 1.79. The van der Waals surface area contributed by atoms with E-state index in [-0.39, 0.29) is 22.0 Å². The lowest BCUT2D eigenvalue weighted by Gasteiger charge is -2.14. The first-order chi connectivity index (χ1) is 8.87. The van der Waals surface area contributed by atoms with E-state index in [1.54, 1.807) is 13.0 Å². The average Bonchev–Trinajstić information content (AvgIpc) is 2.51. The van der Waals surface area contributed by atoms with Gasteiger partial charge in [0.05, 0.1) is 18.2 Å². The summed E-state index contributed by atoms with van der Waals surface area (Å²) >= 11 is 5.75. The van der Waals surface area contributed by atoms with Crippen molar-refractivity contribution in [2.45, 2.75) is 11.8 Å². The number of benzene rings is 1. The third kappa shape index (κ3) is 2.23. The van der Waals surface area contributed by atoms with Crippen molar-refractivity contribution in [3.8, 4) is 6.07 Å². The van der Waals surface area contributed by atoms with Crippen molar-refractivity contribution in [3.05, 3.63) is 40.4 Å². The van der Waals surface area contributed by atoms with Gasteiger partial charge in [0, 0.05) is 11.1 Å². The first-order valence-corrected chi connectivity index (χ1v) is 7.11. The second kappa shape index (κ2) is 4.68. The molecule has 0 aliphatic carbocycles. The molecule has 1 aliphatic heterocycles. The standard InChI is InChI=1S/C12H9ClN2O3S/c1-8(4-5-14)7-15-12(16)10-3-2-9(13)6-11(10)19(15,17)18/h2-4,6H,7H2,1H3/b8-4+. The number of nitrogens with zero attached hydrogens (tertiary/aromatic N) is 2. The van der Waals surface area contributed by atoms with Gasteiger partial charge in [-0.25, -0.2) is 12.7 Å². The van der Waals surface area contributed by atoms with Gasteiger partial charge >= 0.3 is 0 Å². The molecule has 1 aromatic rings. The van der Waals surface area contributed by atoms with Gasteiger partial charge in [-0.2, -0.15) is 5.26 Å². The number of carbonyl (C=O) groups excluding carboxylic acids is 1. The lowest BCUT2D eigenvalue weighted by atomic mass is 10.2. The molecule has 1 aromatic carbocycles. The maximum absolute atomic E-state index is 12.2. The minimum absolute atomic E-state index is 0.0882. The van der Waals surface area contributed by atoms with Crippen LogP contribution in [0.3, 0.4) is 0 Å². The molecule has 7 heteroatoms. The Morgan fingerprint density at radius 1 is 1.53 bits per heavy atom. The van der Waals surface area contributed by atoms with E-state index in [2.05, 4.69) is 0 Å². The van der Waals surface area contributed by atoms with Crippen molar-refractivity contribution in [2.75, 3.05) is 6.54 Å². The number of allylic oxidation sites excluding steroid dienone is 1. The third-order valence-electron chi connectivity index (χ3n) is 2.67. The van der Waals surface area contributed by atoms with Crippen molar-refractivity contribution in [2.24, 2.45) is 0 Å². The van der Waals surface area contributed by atoms with Crippen LogP contribution in [0.15, 0.2) is 34.7 Å². The fraction of sp³-hybridized carbons (Fsp3) is 0.167. The lowest BCUT2D eigenvalue weighted by Crippen LogP contribution is -2.31. The first-order valence-electron chi connectivity index (χ1n) is 5.30. The number of carbonyl (C=O) groups is 1. The van der Waals surface area contributed by atoms with Crippen LogP contribution in [-0.4, -0.2) is 25.2 Å². The highest BCUT2D eigenvalue weighted by Crippen LogP contribution is 2.32. The van der Waals surface area contributed by atoms with Crippen LogP contribution in [0.4, 0.5) is 0 Å². The summed E-state index contributed by atoms with van der Waals surface area (Å²) in [6, 6.07) is 5.91. The monoisotopic (exact) mass is 296 g/mol. The molecule has 98 valence electrons. The summed E-state index contributed by atoms with van der Waals surface area (Å²) in [5, 5.41) is 8.77. The predicted molar refractivity (Wildman–Crippen MR) is 69.0 cm³/mol. The number of hydrogen-bond donors (Lipinski definition) is 0. The molecule has 0 fully saturated rings. The number of amides is 1. The Kier molecular flexibility index (Phi) is 3.35. The van der Waals surface area contributed by atoms with Crippen LogP contribution in [0.2, 0.25) is 5.02 Å². The SMILES string of the molecule is C/C(=C\C#N)CN1C(=O)c2ccc(Cl)cc2S1(=O)=O. The zero-order valence-electron chi connectivity index (χ0n) is 9.92. The number of halogens is 1. The molecule has 1 amide bonds. The molecule has 0 unspecified atom stereocenters. The van der Waals surface area contributed by atoms with Crippen LogP contribution < -0.4 is 0 Å². The normalized spacial score (nSPS) is 17.2. The summed E-state index contributed by atoms with van der Waals surface area (Å²) in [5.74, 6) is -0.600. The molecular weight excluding hydrogens is 288 g/mol. The first kappa shape index (κ1) is 13.6. The van der Waals surface area contributed by atoms with Gasteiger partial charge in [0.2, 0.25) is 0 Å². The number of hydrogen-bond acceptors (Lipinski definition) is 4. The van der Waals surface area contributed by atoms with Crippen LogP contribution in [-0.2, 0) is 10.0 Å². The largest absolute Gasteiger partial charge is 0.269 e. The lowest BCUT2D eigenvalue weighted by molar-refractivity contribution is 0.0878. The van der Waals surface area contributed by atoms with Gasteiger partial charge in [-0.1, -0.05) is 11.6 Å². The Hall–Kier alpha value is -1.84. The van der Waals surface area contributed by atoms with Gasteiger partial charge in [0.1, 0.15) is 4.90 Å². The van der Waals surface area contributed by atoms with E-state index in [0.717, 1.165) is 4.31 Å². The summed E-state index contributed by atoms with van der Waals surface area (Å²) in [6.45, 7) is 1.45. The van der Waals surface area contributed by atoms with Gasteiger partial charge < -0.3 is 0 Å². The van der Waals surface area contributed by atoms with E-state index in [1.807, 2.05) is 0 Å². The van der Waals surface area contributed by atoms with Gasteiger partial charge in [0.25, 0.3) is 15.9 Å². The van der Waals surface area contributed by atoms with Gasteiger partial charge in [-0.15, -0.1) is 0 Å². The van der Waals surface area contributed by atoms with Crippen LogP contribution in [0.1, 0.15) is 17.3 Å². The molecule has 0 radical (unpaired) electrons. The minimum Gasteiger partial charge on any atom is -0.268 e. The Balaban J connectivity index is 2.50. The van der Waals surface area contributed by atoms with Crippen molar-refractivity contribution < 1.29 is 13.2 Å². The average molecular weight is 297 g/mol. The van der Waals surface area contributed by atoms with E-state index >= 15 is 0 Å². The molecule has 0 saturated carbocycles. The van der Waals surface area contributed by atoms with E-state index in [0.29, 0.717) is 5.57 Å². The van der Waals surface area contributed by atoms with Crippen LogP contribution in [0, 0.1) is 11.3 Å². The van der Waals surface area contributed by atoms with Crippen molar-refractivity contribution in [3.63, 3.8) is 0 Å². The number of rotatable bonds is 2. The van der Waals surface area contributed by atoms with E-state index in [1.165, 1.54) is 24.3 Å². The molecule has 0 saturated heterocycles. The molecule has 1 aliphatic rings. The minimum atomic E-state index is -3.88. The summed E-state index contributed by atoms with van der Waals surface area (Å²) in [7, 11) is -3.88. The van der Waals surface area contributed by atoms with Gasteiger partial charge in [0.15, 0.2) is 0 Å². The maximum atomic E-state index is 12.2. The second-order valence-electron chi connectivity index (χ2n) is 4.08. The Morgan fingerprint density at radius 2 is 2.21 bits per heavy atom. The summed E-state index contributed by atoms with van der Waals surface area (Å²) in [4.78, 5) is 12.0. The van der Waals surface area contributed by atoms with Crippen LogP contribution in [0.5, 0.6) is 0 Å². The van der Waals surface area contributed by atoms with Crippen molar-refractivity contribution in [1.29, 1.82) is 5.26 Å². The maximum Gasteiger partial charge on any atom is 0.269 e. The second-order valence-corrected chi connectivity index (χ2v) is 6.34. The molecular formula is C12H9ClN2O3S. The molecule has 0 aromatic heterocycles. The van der Waals surface area contributed by atoms with Gasteiger partial charge in [-0.05, 0) is 30.7 Å². The highest BCUT2D eigenvalue weighted by atomic mass is 35.5. The highest BCUT2D eigenvalue weighted by molar-refractivity contribution is 7.90. The zero-order chi connectivity index (χ0) is 14.2. The van der Waals surface area contributed by atoms with Crippen LogP contribution >= 0.6 is 11.6 Å². The quantitative estimate of drug-likeness (QED) is 0.782. The molecule has 1 heterocycles. The Labute approximate surface area is 115 Å². The molecule has 19 heavy (non-hydrogen) atoms.